The summed E-state index contributed by atoms with van der Waals surface area (Å²) in [5, 5.41) is 6.26. The Morgan fingerprint density at radius 3 is 1.77 bits per heavy atom. The number of benzene rings is 2. The Hall–Kier alpha value is -8.70. The van der Waals surface area contributed by atoms with Crippen molar-refractivity contribution in [3.05, 3.63) is 177 Å². The van der Waals surface area contributed by atoms with Crippen molar-refractivity contribution in [3.8, 4) is 11.4 Å². The highest BCUT2D eigenvalue weighted by molar-refractivity contribution is 6.05. The first-order valence-corrected chi connectivity index (χ1v) is 21.8. The molecule has 2 aliphatic rings. The van der Waals surface area contributed by atoms with Crippen LogP contribution in [0.25, 0.3) is 33.4 Å². The summed E-state index contributed by atoms with van der Waals surface area (Å²) in [6.07, 6.45) is -6.89. The normalized spacial score (nSPS) is 15.2. The molecule has 10 rings (SSSR count). The van der Waals surface area contributed by atoms with Gasteiger partial charge in [0.25, 0.3) is 5.92 Å². The van der Waals surface area contributed by atoms with Crippen LogP contribution in [-0.4, -0.2) is 64.1 Å². The fourth-order valence-electron chi connectivity index (χ4n) is 7.55. The predicted molar refractivity (Wildman–Crippen MR) is 263 cm³/mol. The molecule has 4 N–H and O–H groups in total. The molecule has 1 fully saturated rings. The smallest absolute Gasteiger partial charge is 0.383 e. The van der Waals surface area contributed by atoms with Crippen LogP contribution in [0.15, 0.2) is 136 Å². The van der Waals surface area contributed by atoms with Crippen LogP contribution in [0.2, 0.25) is 0 Å². The van der Waals surface area contributed by atoms with Gasteiger partial charge in [-0.25, -0.2) is 43.1 Å². The van der Waals surface area contributed by atoms with E-state index in [4.69, 9.17) is 5.73 Å². The maximum atomic E-state index is 13.8. The van der Waals surface area contributed by atoms with Gasteiger partial charge in [-0.1, -0.05) is 50.4 Å². The van der Waals surface area contributed by atoms with Gasteiger partial charge in [0.1, 0.15) is 52.4 Å². The third-order valence-electron chi connectivity index (χ3n) is 11.3. The number of fused-ring (bicyclic) bond motifs is 3. The van der Waals surface area contributed by atoms with Gasteiger partial charge in [-0.2, -0.15) is 45.1 Å². The van der Waals surface area contributed by atoms with Gasteiger partial charge < -0.3 is 16.4 Å². The number of hydrogen-bond acceptors (Lipinski definition) is 13. The zero-order valence-electron chi connectivity index (χ0n) is 38.7. The van der Waals surface area contributed by atoms with E-state index >= 15 is 0 Å². The lowest BCUT2D eigenvalue weighted by atomic mass is 10.1. The van der Waals surface area contributed by atoms with E-state index in [-0.39, 0.29) is 47.8 Å². The summed E-state index contributed by atoms with van der Waals surface area (Å²) in [5.41, 5.74) is 5.00. The van der Waals surface area contributed by atoms with Crippen molar-refractivity contribution >= 4 is 51.0 Å². The molecule has 0 bridgehead atoms. The minimum Gasteiger partial charge on any atom is -0.383 e. The second-order valence-corrected chi connectivity index (χ2v) is 16.5. The number of aryl methyl sites for hydroxylation is 2. The second kappa shape index (κ2) is 20.4. The van der Waals surface area contributed by atoms with Gasteiger partial charge in [0.2, 0.25) is 0 Å². The van der Waals surface area contributed by atoms with Gasteiger partial charge in [-0.15, -0.1) is 0 Å². The topological polar surface area (TPSA) is 187 Å². The summed E-state index contributed by atoms with van der Waals surface area (Å²) in [6.45, 7) is 7.99. The fraction of sp³-hybridized carbons (Fsp3) is 0.220. The molecular formula is C50H44F9N13O2. The number of nitrogens with one attached hydrogen (secondary N) is 2. The summed E-state index contributed by atoms with van der Waals surface area (Å²) < 4.78 is 121. The summed E-state index contributed by atoms with van der Waals surface area (Å²) in [4.78, 5) is 54.0. The number of pyridine rings is 4. The maximum absolute atomic E-state index is 13.8. The lowest BCUT2D eigenvalue weighted by Gasteiger charge is -2.29. The number of para-hydroxylation sites is 2. The number of amidine groups is 1. The number of anilines is 4. The average Bonchev–Trinajstić information content (AvgIpc) is 4.04. The third-order valence-corrected chi connectivity index (χ3v) is 11.3. The highest BCUT2D eigenvalue weighted by atomic mass is 19.4. The third kappa shape index (κ3) is 10.9. The molecule has 0 radical (unpaired) electrons. The molecule has 6 aromatic heterocycles. The summed E-state index contributed by atoms with van der Waals surface area (Å²) in [7, 11) is 1.53. The monoisotopic (exact) mass is 1030 g/mol. The first-order valence-electron chi connectivity index (χ1n) is 21.8. The Morgan fingerprint density at radius 2 is 1.20 bits per heavy atom. The van der Waals surface area contributed by atoms with Crippen LogP contribution in [0.5, 0.6) is 0 Å². The van der Waals surface area contributed by atoms with Gasteiger partial charge >= 0.3 is 23.7 Å². The van der Waals surface area contributed by atoms with Gasteiger partial charge in [0.05, 0.1) is 33.8 Å². The van der Waals surface area contributed by atoms with E-state index in [9.17, 15) is 49.1 Å². The molecule has 74 heavy (non-hydrogen) atoms. The molecule has 2 atom stereocenters. The molecule has 2 aromatic carbocycles. The van der Waals surface area contributed by atoms with Crippen molar-refractivity contribution in [2.75, 3.05) is 22.6 Å². The number of aromatic nitrogens is 8. The lowest BCUT2D eigenvalue weighted by Crippen LogP contribution is -2.29. The van der Waals surface area contributed by atoms with Crippen LogP contribution in [0.3, 0.4) is 0 Å². The molecule has 0 unspecified atom stereocenters. The van der Waals surface area contributed by atoms with E-state index in [0.29, 0.717) is 45.4 Å². The molecule has 384 valence electrons. The van der Waals surface area contributed by atoms with E-state index in [2.05, 4.69) is 52.1 Å². The lowest BCUT2D eigenvalue weighted by molar-refractivity contribution is -0.141. The second-order valence-electron chi connectivity index (χ2n) is 16.5. The average molecular weight is 1030 g/mol. The van der Waals surface area contributed by atoms with Crippen molar-refractivity contribution in [3.63, 3.8) is 0 Å². The predicted octanol–water partition coefficient (Wildman–Crippen LogP) is 10.3. The van der Waals surface area contributed by atoms with E-state index in [0.717, 1.165) is 29.2 Å². The number of rotatable bonds is 7. The molecule has 1 saturated carbocycles. The molecule has 1 aliphatic carbocycles. The summed E-state index contributed by atoms with van der Waals surface area (Å²) >= 11 is 0. The van der Waals surface area contributed by atoms with E-state index in [1.807, 2.05) is 6.07 Å². The van der Waals surface area contributed by atoms with E-state index in [1.54, 1.807) is 62.4 Å². The number of hydrogen-bond donors (Lipinski definition) is 3. The Kier molecular flexibility index (Phi) is 14.7. The van der Waals surface area contributed by atoms with Gasteiger partial charge in [0, 0.05) is 38.5 Å². The molecule has 0 spiro atoms. The minimum absolute atomic E-state index is 0. The van der Waals surface area contributed by atoms with Crippen LogP contribution in [-0.2, 0) is 18.3 Å². The van der Waals surface area contributed by atoms with Crippen molar-refractivity contribution in [2.45, 2.75) is 65.1 Å². The Labute approximate surface area is 415 Å². The number of nitrogens with zero attached hydrogens (tertiary/aromatic N) is 10. The van der Waals surface area contributed by atoms with Gasteiger partial charge in [-0.05, 0) is 85.6 Å². The highest BCUT2D eigenvalue weighted by Gasteiger charge is 2.39. The van der Waals surface area contributed by atoms with Crippen LogP contribution in [0.4, 0.5) is 62.7 Å². The SMILES string of the molecule is C.C=C1N=C(N)c2ccc(C(F)(F)F)nc2N1c1ccccc1.CNc1nc(=O)n(-c2ccncc2C)c2nc(C(F)(F)F)ccc12.Cc1ccccc1-n1c(=O)nc(N[C@H]2C[C@H]2F)c2ccc(C(C)(F)F)nc21. The molecule has 7 heterocycles. The Bertz CT molecular complexity index is 3580. The van der Waals surface area contributed by atoms with E-state index < -0.39 is 58.9 Å². The number of halogens is 9. The zero-order valence-corrected chi connectivity index (χ0v) is 38.7. The molecule has 1 aliphatic heterocycles. The zero-order chi connectivity index (χ0) is 52.7. The first-order chi connectivity index (χ1) is 34.5. The largest absolute Gasteiger partial charge is 0.433 e. The van der Waals surface area contributed by atoms with Crippen LogP contribution in [0.1, 0.15) is 54.5 Å². The van der Waals surface area contributed by atoms with Crippen molar-refractivity contribution < 1.29 is 39.5 Å². The molecule has 8 aromatic rings. The van der Waals surface area contributed by atoms with Crippen LogP contribution < -0.4 is 32.6 Å². The molecule has 0 saturated heterocycles. The molecule has 0 amide bonds. The fourth-order valence-corrected chi connectivity index (χ4v) is 7.55. The maximum Gasteiger partial charge on any atom is 0.433 e. The van der Waals surface area contributed by atoms with Crippen molar-refractivity contribution in [2.24, 2.45) is 10.7 Å². The summed E-state index contributed by atoms with van der Waals surface area (Å²) in [5.74, 6) is -2.48. The molecule has 15 nitrogen and oxygen atoms in total. The van der Waals surface area contributed by atoms with Gasteiger partial charge in [0.15, 0.2) is 11.3 Å². The van der Waals surface area contributed by atoms with Crippen molar-refractivity contribution in [1.82, 2.24) is 39.0 Å². The number of alkyl halides is 9. The Balaban J connectivity index is 0.000000162. The van der Waals surface area contributed by atoms with Crippen molar-refractivity contribution in [1.29, 1.82) is 0 Å². The number of nitrogens with two attached hydrogens (primary N) is 1. The Morgan fingerprint density at radius 1 is 0.676 bits per heavy atom. The quantitative estimate of drug-likeness (QED) is 0.128. The molecule has 24 heteroatoms. The first kappa shape index (κ1) is 53.1. The highest BCUT2D eigenvalue weighted by Crippen LogP contribution is 2.38. The van der Waals surface area contributed by atoms with Crippen LogP contribution >= 0.6 is 0 Å². The van der Waals surface area contributed by atoms with Crippen LogP contribution in [0, 0.1) is 13.8 Å². The standard InChI is InChI=1S/C19H17F3N4O.C15H12F3N5O.C15H11F3N4.CH4/c1-10-5-3-4-6-14(10)26-17-11(7-8-15(24-17)19(2,21)22)16(25-18(26)27)23-13-9-12(13)20;1-8-7-20-6-5-10(8)23-13-9(12(19-2)22-14(23)24)3-4-11(21-13)15(16,17)18;1-9-20-13(19)11-7-8-12(15(16,17)18)21-14(11)22(9)10-5-3-2-4-6-10;/h3-8,12-13H,9H2,1-2H3,(H,23,25,27);3-7H,1-2H3,(H,19,22,24);2-8H,1H2,(H2,19,20);1H4/t12-,13+;;;/m1.../s1. The van der Waals surface area contributed by atoms with Gasteiger partial charge in [-0.3, -0.25) is 9.88 Å². The summed E-state index contributed by atoms with van der Waals surface area (Å²) in [6, 6.07) is 23.8. The number of aliphatic imine (C=N–C) groups is 1. The molecular weight excluding hydrogens is 986 g/mol. The van der Waals surface area contributed by atoms with E-state index in [1.165, 1.54) is 59.2 Å². The minimum atomic E-state index is -4.62.